The molecule has 0 saturated carbocycles. The van der Waals surface area contributed by atoms with Gasteiger partial charge in [0, 0.05) is 19.8 Å². The second kappa shape index (κ2) is 9.12. The van der Waals surface area contributed by atoms with Gasteiger partial charge in [-0.05, 0) is 37.5 Å². The number of rotatable bonds is 9. The highest BCUT2D eigenvalue weighted by molar-refractivity contribution is 7.89. The van der Waals surface area contributed by atoms with Gasteiger partial charge < -0.3 is 14.2 Å². The van der Waals surface area contributed by atoms with Crippen LogP contribution in [0.2, 0.25) is 0 Å². The maximum Gasteiger partial charge on any atom is 0.337 e. The zero-order valence-corrected chi connectivity index (χ0v) is 14.5. The monoisotopic (exact) mass is 357 g/mol. The summed E-state index contributed by atoms with van der Waals surface area (Å²) in [4.78, 5) is 11.5. The van der Waals surface area contributed by atoms with Crippen LogP contribution >= 0.6 is 0 Å². The Hall–Kier alpha value is -1.48. The van der Waals surface area contributed by atoms with Crippen LogP contribution in [0.15, 0.2) is 29.2 Å². The van der Waals surface area contributed by atoms with Crippen molar-refractivity contribution in [2.24, 2.45) is 0 Å². The Balaban J connectivity index is 1.75. The average Bonchev–Trinajstić information content (AvgIpc) is 3.10. The SMILES string of the molecule is COC(=O)c1cccc(S(=O)(=O)NCCCOCC2CCCO2)c1. The lowest BCUT2D eigenvalue weighted by Crippen LogP contribution is -2.26. The summed E-state index contributed by atoms with van der Waals surface area (Å²) in [5.74, 6) is -0.574. The fourth-order valence-electron chi connectivity index (χ4n) is 2.36. The zero-order valence-electron chi connectivity index (χ0n) is 13.7. The molecule has 1 unspecified atom stereocenters. The molecule has 0 aliphatic carbocycles. The van der Waals surface area contributed by atoms with Crippen LogP contribution in [0.25, 0.3) is 0 Å². The van der Waals surface area contributed by atoms with E-state index in [9.17, 15) is 13.2 Å². The number of hydrogen-bond acceptors (Lipinski definition) is 6. The third kappa shape index (κ3) is 5.55. The first-order chi connectivity index (χ1) is 11.5. The minimum atomic E-state index is -3.67. The molecule has 1 saturated heterocycles. The molecule has 1 aromatic carbocycles. The van der Waals surface area contributed by atoms with Crippen molar-refractivity contribution in [3.05, 3.63) is 29.8 Å². The molecule has 1 aromatic rings. The normalized spacial score (nSPS) is 17.8. The first kappa shape index (κ1) is 18.9. The molecular weight excluding hydrogens is 334 g/mol. The molecule has 0 aromatic heterocycles. The number of sulfonamides is 1. The van der Waals surface area contributed by atoms with E-state index in [1.54, 1.807) is 0 Å². The standard InChI is InChI=1S/C16H23NO6S/c1-21-16(18)13-5-2-7-15(11-13)24(19,20)17-8-4-9-22-12-14-6-3-10-23-14/h2,5,7,11,14,17H,3-4,6,8-10,12H2,1H3. The van der Waals surface area contributed by atoms with Crippen molar-refractivity contribution in [3.8, 4) is 0 Å². The Morgan fingerprint density at radius 2 is 2.25 bits per heavy atom. The van der Waals surface area contributed by atoms with Gasteiger partial charge in [0.15, 0.2) is 0 Å². The molecule has 0 bridgehead atoms. The maximum absolute atomic E-state index is 12.2. The third-order valence-corrected chi connectivity index (χ3v) is 5.11. The molecule has 2 rings (SSSR count). The second-order valence-corrected chi connectivity index (χ2v) is 7.25. The topological polar surface area (TPSA) is 90.9 Å². The fourth-order valence-corrected chi connectivity index (χ4v) is 3.48. The predicted molar refractivity (Wildman–Crippen MR) is 87.4 cm³/mol. The fraction of sp³-hybridized carbons (Fsp3) is 0.562. The molecule has 0 spiro atoms. The van der Waals surface area contributed by atoms with Gasteiger partial charge in [0.25, 0.3) is 0 Å². The molecule has 1 fully saturated rings. The Bertz CT molecular complexity index is 640. The van der Waals surface area contributed by atoms with E-state index in [4.69, 9.17) is 9.47 Å². The first-order valence-corrected chi connectivity index (χ1v) is 9.38. The van der Waals surface area contributed by atoms with Crippen molar-refractivity contribution in [3.63, 3.8) is 0 Å². The highest BCUT2D eigenvalue weighted by Gasteiger charge is 2.17. The largest absolute Gasteiger partial charge is 0.465 e. The van der Waals surface area contributed by atoms with Crippen LogP contribution < -0.4 is 4.72 Å². The lowest BCUT2D eigenvalue weighted by atomic mass is 10.2. The van der Waals surface area contributed by atoms with Crippen molar-refractivity contribution in [1.82, 2.24) is 4.72 Å². The van der Waals surface area contributed by atoms with Crippen LogP contribution in [0.1, 0.15) is 29.6 Å². The zero-order chi connectivity index (χ0) is 17.4. The second-order valence-electron chi connectivity index (χ2n) is 5.48. The van der Waals surface area contributed by atoms with Crippen LogP contribution in [0.4, 0.5) is 0 Å². The van der Waals surface area contributed by atoms with Crippen LogP contribution in [0, 0.1) is 0 Å². The highest BCUT2D eigenvalue weighted by atomic mass is 32.2. The van der Waals surface area contributed by atoms with Gasteiger partial charge in [0.1, 0.15) is 0 Å². The van der Waals surface area contributed by atoms with Gasteiger partial charge >= 0.3 is 5.97 Å². The molecule has 0 amide bonds. The van der Waals surface area contributed by atoms with E-state index in [0.29, 0.717) is 19.6 Å². The summed E-state index contributed by atoms with van der Waals surface area (Å²) >= 11 is 0. The summed E-state index contributed by atoms with van der Waals surface area (Å²) in [5, 5.41) is 0. The highest BCUT2D eigenvalue weighted by Crippen LogP contribution is 2.13. The third-order valence-electron chi connectivity index (χ3n) is 3.65. The van der Waals surface area contributed by atoms with E-state index < -0.39 is 16.0 Å². The minimum Gasteiger partial charge on any atom is -0.465 e. The number of carbonyl (C=O) groups excluding carboxylic acids is 1. The van der Waals surface area contributed by atoms with Crippen molar-refractivity contribution in [1.29, 1.82) is 0 Å². The first-order valence-electron chi connectivity index (χ1n) is 7.90. The lowest BCUT2D eigenvalue weighted by molar-refractivity contribution is 0.0169. The maximum atomic E-state index is 12.2. The van der Waals surface area contributed by atoms with Crippen LogP contribution in [0.5, 0.6) is 0 Å². The summed E-state index contributed by atoms with van der Waals surface area (Å²) in [6.45, 7) is 2.06. The molecule has 24 heavy (non-hydrogen) atoms. The molecule has 0 radical (unpaired) electrons. The molecule has 1 N–H and O–H groups in total. The van der Waals surface area contributed by atoms with E-state index in [1.807, 2.05) is 0 Å². The van der Waals surface area contributed by atoms with Gasteiger partial charge in [-0.25, -0.2) is 17.9 Å². The van der Waals surface area contributed by atoms with Gasteiger partial charge in [-0.3, -0.25) is 0 Å². The van der Waals surface area contributed by atoms with Crippen molar-refractivity contribution < 1.29 is 27.4 Å². The Morgan fingerprint density at radius 3 is 2.96 bits per heavy atom. The summed E-state index contributed by atoms with van der Waals surface area (Å²) < 4.78 is 42.4. The van der Waals surface area contributed by atoms with Gasteiger partial charge in [0.05, 0.1) is 30.3 Å². The summed E-state index contributed by atoms with van der Waals surface area (Å²) in [6.07, 6.45) is 2.81. The van der Waals surface area contributed by atoms with E-state index in [2.05, 4.69) is 9.46 Å². The summed E-state index contributed by atoms with van der Waals surface area (Å²) in [6, 6.07) is 5.74. The van der Waals surface area contributed by atoms with Crippen LogP contribution in [-0.2, 0) is 24.2 Å². The number of benzene rings is 1. The van der Waals surface area contributed by atoms with Gasteiger partial charge in [-0.1, -0.05) is 6.07 Å². The quantitative estimate of drug-likeness (QED) is 0.530. The smallest absolute Gasteiger partial charge is 0.337 e. The molecule has 1 heterocycles. The molecule has 134 valence electrons. The van der Waals surface area contributed by atoms with Crippen LogP contribution in [-0.4, -0.2) is 54.0 Å². The molecule has 1 aliphatic heterocycles. The van der Waals surface area contributed by atoms with Gasteiger partial charge in [-0.15, -0.1) is 0 Å². The van der Waals surface area contributed by atoms with E-state index in [1.165, 1.54) is 31.4 Å². The Kier molecular flexibility index (Phi) is 7.16. The molecule has 1 aliphatic rings. The lowest BCUT2D eigenvalue weighted by Gasteiger charge is -2.11. The number of nitrogens with one attached hydrogen (secondary N) is 1. The molecule has 1 atom stereocenters. The van der Waals surface area contributed by atoms with Gasteiger partial charge in [0.2, 0.25) is 10.0 Å². The Labute approximate surface area is 142 Å². The number of ether oxygens (including phenoxy) is 3. The number of carbonyl (C=O) groups is 1. The molecule has 7 nitrogen and oxygen atoms in total. The number of methoxy groups -OCH3 is 1. The molecule has 8 heteroatoms. The van der Waals surface area contributed by atoms with Crippen molar-refractivity contribution >= 4 is 16.0 Å². The van der Waals surface area contributed by atoms with E-state index in [0.717, 1.165) is 19.4 Å². The number of hydrogen-bond donors (Lipinski definition) is 1. The van der Waals surface area contributed by atoms with Crippen molar-refractivity contribution in [2.75, 3.05) is 33.5 Å². The van der Waals surface area contributed by atoms with E-state index >= 15 is 0 Å². The van der Waals surface area contributed by atoms with E-state index in [-0.39, 0.29) is 23.1 Å². The molecular formula is C16H23NO6S. The van der Waals surface area contributed by atoms with Crippen molar-refractivity contribution in [2.45, 2.75) is 30.3 Å². The minimum absolute atomic E-state index is 0.0330. The Morgan fingerprint density at radius 1 is 1.42 bits per heavy atom. The number of esters is 1. The summed E-state index contributed by atoms with van der Waals surface area (Å²) in [7, 11) is -2.42. The van der Waals surface area contributed by atoms with Crippen LogP contribution in [0.3, 0.4) is 0 Å². The summed E-state index contributed by atoms with van der Waals surface area (Å²) in [5.41, 5.74) is 0.195. The predicted octanol–water partition coefficient (Wildman–Crippen LogP) is 1.34. The van der Waals surface area contributed by atoms with Gasteiger partial charge in [-0.2, -0.15) is 0 Å². The average molecular weight is 357 g/mol.